The topological polar surface area (TPSA) is 18.5 Å². The Morgan fingerprint density at radius 1 is 0.889 bits per heavy atom. The third-order valence-corrected chi connectivity index (χ3v) is 4.44. The van der Waals surface area contributed by atoms with Crippen molar-refractivity contribution < 1.29 is 0 Å². The standard InChI is InChI=1S/C15H31N3/c1-2-9-17-12-6-15(7-13-17)16-8-14-18-10-4-3-5-11-18/h15-16H,2-14H2,1H3. The average molecular weight is 253 g/mol. The van der Waals surface area contributed by atoms with Crippen LogP contribution in [0.5, 0.6) is 0 Å². The van der Waals surface area contributed by atoms with Crippen molar-refractivity contribution in [3.8, 4) is 0 Å². The van der Waals surface area contributed by atoms with Crippen LogP contribution in [0.2, 0.25) is 0 Å². The minimum atomic E-state index is 0.780. The summed E-state index contributed by atoms with van der Waals surface area (Å²) < 4.78 is 0. The fraction of sp³-hybridized carbons (Fsp3) is 1.00. The molecule has 2 heterocycles. The van der Waals surface area contributed by atoms with Gasteiger partial charge in [-0.3, -0.25) is 0 Å². The van der Waals surface area contributed by atoms with Gasteiger partial charge in [-0.1, -0.05) is 13.3 Å². The Labute approximate surface area is 113 Å². The molecule has 0 spiro atoms. The molecule has 0 saturated carbocycles. The van der Waals surface area contributed by atoms with Gasteiger partial charge in [-0.15, -0.1) is 0 Å². The van der Waals surface area contributed by atoms with Crippen molar-refractivity contribution in [2.75, 3.05) is 45.8 Å². The molecule has 0 aromatic carbocycles. The lowest BCUT2D eigenvalue weighted by Gasteiger charge is -2.33. The van der Waals surface area contributed by atoms with Crippen molar-refractivity contribution in [3.63, 3.8) is 0 Å². The first-order valence-electron chi connectivity index (χ1n) is 8.06. The van der Waals surface area contributed by atoms with Crippen LogP contribution >= 0.6 is 0 Å². The van der Waals surface area contributed by atoms with E-state index in [0.717, 1.165) is 6.04 Å². The highest BCUT2D eigenvalue weighted by atomic mass is 15.2. The smallest absolute Gasteiger partial charge is 0.0107 e. The highest BCUT2D eigenvalue weighted by Gasteiger charge is 2.18. The van der Waals surface area contributed by atoms with Crippen LogP contribution in [-0.2, 0) is 0 Å². The number of likely N-dealkylation sites (tertiary alicyclic amines) is 2. The molecule has 0 bridgehead atoms. The Balaban J connectivity index is 1.52. The number of piperidine rings is 2. The van der Waals surface area contributed by atoms with Gasteiger partial charge >= 0.3 is 0 Å². The summed E-state index contributed by atoms with van der Waals surface area (Å²) in [6.45, 7) is 11.3. The average Bonchev–Trinajstić information content (AvgIpc) is 2.42. The van der Waals surface area contributed by atoms with Gasteiger partial charge in [0.05, 0.1) is 0 Å². The molecule has 2 aliphatic rings. The molecule has 0 aliphatic carbocycles. The first-order chi connectivity index (χ1) is 8.88. The quantitative estimate of drug-likeness (QED) is 0.780. The predicted octanol–water partition coefficient (Wildman–Crippen LogP) is 1.94. The van der Waals surface area contributed by atoms with Gasteiger partial charge in [-0.05, 0) is 64.8 Å². The van der Waals surface area contributed by atoms with E-state index in [1.165, 1.54) is 84.3 Å². The van der Waals surface area contributed by atoms with E-state index in [0.29, 0.717) is 0 Å². The van der Waals surface area contributed by atoms with Crippen LogP contribution in [0.25, 0.3) is 0 Å². The van der Waals surface area contributed by atoms with Crippen molar-refractivity contribution in [2.24, 2.45) is 0 Å². The second-order valence-electron chi connectivity index (χ2n) is 5.97. The van der Waals surface area contributed by atoms with Gasteiger partial charge in [-0.2, -0.15) is 0 Å². The third kappa shape index (κ3) is 4.87. The van der Waals surface area contributed by atoms with Crippen LogP contribution in [0.1, 0.15) is 45.4 Å². The molecule has 18 heavy (non-hydrogen) atoms. The molecule has 0 radical (unpaired) electrons. The minimum absolute atomic E-state index is 0.780. The van der Waals surface area contributed by atoms with Gasteiger partial charge in [0.1, 0.15) is 0 Å². The van der Waals surface area contributed by atoms with E-state index in [2.05, 4.69) is 22.0 Å². The molecule has 2 aliphatic heterocycles. The maximum atomic E-state index is 3.76. The van der Waals surface area contributed by atoms with Crippen LogP contribution < -0.4 is 5.32 Å². The van der Waals surface area contributed by atoms with Crippen molar-refractivity contribution in [1.82, 2.24) is 15.1 Å². The molecule has 2 fully saturated rings. The summed E-state index contributed by atoms with van der Waals surface area (Å²) in [6.07, 6.45) is 8.26. The normalized spacial score (nSPS) is 24.5. The van der Waals surface area contributed by atoms with E-state index >= 15 is 0 Å². The lowest BCUT2D eigenvalue weighted by Crippen LogP contribution is -2.45. The second-order valence-corrected chi connectivity index (χ2v) is 5.97. The minimum Gasteiger partial charge on any atom is -0.313 e. The van der Waals surface area contributed by atoms with E-state index in [1.54, 1.807) is 0 Å². The number of rotatable bonds is 6. The second kappa shape index (κ2) is 8.13. The van der Waals surface area contributed by atoms with Gasteiger partial charge in [0.15, 0.2) is 0 Å². The van der Waals surface area contributed by atoms with Gasteiger partial charge < -0.3 is 15.1 Å². The molecule has 0 unspecified atom stereocenters. The van der Waals surface area contributed by atoms with Crippen molar-refractivity contribution in [1.29, 1.82) is 0 Å². The van der Waals surface area contributed by atoms with E-state index in [-0.39, 0.29) is 0 Å². The van der Waals surface area contributed by atoms with E-state index in [9.17, 15) is 0 Å². The lowest BCUT2D eigenvalue weighted by molar-refractivity contribution is 0.187. The zero-order valence-corrected chi connectivity index (χ0v) is 12.2. The monoisotopic (exact) mass is 253 g/mol. The van der Waals surface area contributed by atoms with Crippen molar-refractivity contribution >= 4 is 0 Å². The van der Waals surface area contributed by atoms with Crippen LogP contribution in [0, 0.1) is 0 Å². The third-order valence-electron chi connectivity index (χ3n) is 4.44. The van der Waals surface area contributed by atoms with Gasteiger partial charge in [0, 0.05) is 19.1 Å². The molecule has 0 amide bonds. The summed E-state index contributed by atoms with van der Waals surface area (Å²) in [5.74, 6) is 0. The summed E-state index contributed by atoms with van der Waals surface area (Å²) >= 11 is 0. The Bertz CT molecular complexity index is 206. The molecule has 1 N–H and O–H groups in total. The molecule has 0 atom stereocenters. The highest BCUT2D eigenvalue weighted by Crippen LogP contribution is 2.11. The van der Waals surface area contributed by atoms with Crippen molar-refractivity contribution in [2.45, 2.75) is 51.5 Å². The number of hydrogen-bond acceptors (Lipinski definition) is 3. The fourth-order valence-electron chi connectivity index (χ4n) is 3.29. The Morgan fingerprint density at radius 2 is 1.56 bits per heavy atom. The molecular formula is C15H31N3. The summed E-state index contributed by atoms with van der Waals surface area (Å²) in [5.41, 5.74) is 0. The maximum Gasteiger partial charge on any atom is 0.0107 e. The number of hydrogen-bond donors (Lipinski definition) is 1. The molecule has 106 valence electrons. The first kappa shape index (κ1) is 14.3. The predicted molar refractivity (Wildman–Crippen MR) is 78.0 cm³/mol. The molecule has 0 aromatic heterocycles. The first-order valence-corrected chi connectivity index (χ1v) is 8.06. The van der Waals surface area contributed by atoms with Crippen molar-refractivity contribution in [3.05, 3.63) is 0 Å². The van der Waals surface area contributed by atoms with Gasteiger partial charge in [0.2, 0.25) is 0 Å². The van der Waals surface area contributed by atoms with Crippen LogP contribution in [0.15, 0.2) is 0 Å². The van der Waals surface area contributed by atoms with E-state index in [1.807, 2.05) is 0 Å². The molecule has 2 rings (SSSR count). The summed E-state index contributed by atoms with van der Waals surface area (Å²) in [7, 11) is 0. The SMILES string of the molecule is CCCN1CCC(NCCN2CCCCC2)CC1. The zero-order chi connectivity index (χ0) is 12.6. The lowest BCUT2D eigenvalue weighted by atomic mass is 10.0. The Hall–Kier alpha value is -0.120. The largest absolute Gasteiger partial charge is 0.313 e. The van der Waals surface area contributed by atoms with Gasteiger partial charge in [-0.25, -0.2) is 0 Å². The molecule has 2 saturated heterocycles. The number of nitrogens with zero attached hydrogens (tertiary/aromatic N) is 2. The highest BCUT2D eigenvalue weighted by molar-refractivity contribution is 4.77. The van der Waals surface area contributed by atoms with Crippen LogP contribution in [0.3, 0.4) is 0 Å². The summed E-state index contributed by atoms with van der Waals surface area (Å²) in [4.78, 5) is 5.24. The Morgan fingerprint density at radius 3 is 2.22 bits per heavy atom. The summed E-state index contributed by atoms with van der Waals surface area (Å²) in [6, 6.07) is 0.780. The fourth-order valence-corrected chi connectivity index (χ4v) is 3.29. The zero-order valence-electron chi connectivity index (χ0n) is 12.2. The molecular weight excluding hydrogens is 222 g/mol. The molecule has 0 aromatic rings. The van der Waals surface area contributed by atoms with E-state index in [4.69, 9.17) is 0 Å². The Kier molecular flexibility index (Phi) is 6.46. The molecule has 3 heteroatoms. The van der Waals surface area contributed by atoms with Gasteiger partial charge in [0.25, 0.3) is 0 Å². The molecule has 3 nitrogen and oxygen atoms in total. The van der Waals surface area contributed by atoms with Crippen LogP contribution in [0.4, 0.5) is 0 Å². The van der Waals surface area contributed by atoms with E-state index < -0.39 is 0 Å². The maximum absolute atomic E-state index is 3.76. The van der Waals surface area contributed by atoms with Crippen LogP contribution in [-0.4, -0.2) is 61.7 Å². The number of nitrogens with one attached hydrogen (secondary N) is 1. The summed E-state index contributed by atoms with van der Waals surface area (Å²) in [5, 5.41) is 3.76.